The van der Waals surface area contributed by atoms with E-state index in [4.69, 9.17) is 0 Å². The molecule has 128 valence electrons. The lowest BCUT2D eigenvalue weighted by atomic mass is 10.0. The van der Waals surface area contributed by atoms with Gasteiger partial charge in [-0.1, -0.05) is 0 Å². The molecule has 2 aliphatic heterocycles. The molecule has 8 heteroatoms. The molecule has 1 unspecified atom stereocenters. The summed E-state index contributed by atoms with van der Waals surface area (Å²) in [5, 5.41) is 2.75. The van der Waals surface area contributed by atoms with Gasteiger partial charge < -0.3 is 10.2 Å². The van der Waals surface area contributed by atoms with Gasteiger partial charge >= 0.3 is 0 Å². The maximum atomic E-state index is 12.0. The van der Waals surface area contributed by atoms with Crippen molar-refractivity contribution in [2.75, 3.05) is 59.6 Å². The highest BCUT2D eigenvalue weighted by molar-refractivity contribution is 7.88. The fourth-order valence-electron chi connectivity index (χ4n) is 3.44. The molecule has 0 aromatic rings. The fourth-order valence-corrected chi connectivity index (χ4v) is 4.31. The molecule has 7 nitrogen and oxygen atoms in total. The summed E-state index contributed by atoms with van der Waals surface area (Å²) >= 11 is 0. The summed E-state index contributed by atoms with van der Waals surface area (Å²) in [6.07, 6.45) is 2.96. The van der Waals surface area contributed by atoms with Gasteiger partial charge in [0.15, 0.2) is 0 Å². The van der Waals surface area contributed by atoms with E-state index in [1.807, 2.05) is 7.05 Å². The number of nitrogens with zero attached hydrogens (tertiary/aromatic N) is 3. The average molecular weight is 332 g/mol. The molecular formula is C14H28N4O3S. The SMILES string of the molecule is CNC(=O)C1CN(C)CCN(C2CCN(S(C)(=O)=O)CC2)C1. The van der Waals surface area contributed by atoms with Crippen molar-refractivity contribution in [3.05, 3.63) is 0 Å². The second-order valence-corrected chi connectivity index (χ2v) is 8.44. The first kappa shape index (κ1) is 17.7. The molecular weight excluding hydrogens is 304 g/mol. The molecule has 2 aliphatic rings. The molecule has 0 aromatic carbocycles. The van der Waals surface area contributed by atoms with Gasteiger partial charge in [0.05, 0.1) is 12.2 Å². The zero-order chi connectivity index (χ0) is 16.3. The highest BCUT2D eigenvalue weighted by Crippen LogP contribution is 2.21. The van der Waals surface area contributed by atoms with E-state index in [1.165, 1.54) is 6.26 Å². The number of rotatable bonds is 3. The Morgan fingerprint density at radius 1 is 1.09 bits per heavy atom. The number of amides is 1. The Hall–Kier alpha value is -0.700. The normalized spacial score (nSPS) is 27.5. The van der Waals surface area contributed by atoms with E-state index in [0.29, 0.717) is 19.1 Å². The van der Waals surface area contributed by atoms with Crippen LogP contribution in [-0.4, -0.2) is 94.1 Å². The molecule has 0 bridgehead atoms. The molecule has 0 radical (unpaired) electrons. The second kappa shape index (κ2) is 7.25. The molecule has 1 N–H and O–H groups in total. The van der Waals surface area contributed by atoms with Crippen LogP contribution in [0.1, 0.15) is 12.8 Å². The van der Waals surface area contributed by atoms with Crippen LogP contribution in [0.3, 0.4) is 0 Å². The Balaban J connectivity index is 1.98. The molecule has 2 saturated heterocycles. The molecule has 2 fully saturated rings. The molecule has 0 aromatic heterocycles. The van der Waals surface area contributed by atoms with Gasteiger partial charge in [0.25, 0.3) is 0 Å². The van der Waals surface area contributed by atoms with Gasteiger partial charge in [-0.2, -0.15) is 0 Å². The van der Waals surface area contributed by atoms with Gasteiger partial charge in [-0.05, 0) is 19.9 Å². The molecule has 1 amide bonds. The first-order valence-electron chi connectivity index (χ1n) is 7.90. The number of hydrogen-bond donors (Lipinski definition) is 1. The lowest BCUT2D eigenvalue weighted by molar-refractivity contribution is -0.125. The third kappa shape index (κ3) is 4.41. The minimum atomic E-state index is -3.08. The lowest BCUT2D eigenvalue weighted by Gasteiger charge is -2.37. The Kier molecular flexibility index (Phi) is 5.81. The molecule has 2 heterocycles. The van der Waals surface area contributed by atoms with E-state index < -0.39 is 10.0 Å². The number of piperidine rings is 1. The molecule has 1 atom stereocenters. The molecule has 0 saturated carbocycles. The van der Waals surface area contributed by atoms with Gasteiger partial charge in [0.2, 0.25) is 15.9 Å². The van der Waals surface area contributed by atoms with Crippen LogP contribution in [0.4, 0.5) is 0 Å². The molecule has 22 heavy (non-hydrogen) atoms. The van der Waals surface area contributed by atoms with Crippen molar-refractivity contribution in [2.45, 2.75) is 18.9 Å². The summed E-state index contributed by atoms with van der Waals surface area (Å²) in [6, 6.07) is 0.372. The van der Waals surface area contributed by atoms with Crippen LogP contribution in [0.2, 0.25) is 0 Å². The van der Waals surface area contributed by atoms with Crippen molar-refractivity contribution >= 4 is 15.9 Å². The Morgan fingerprint density at radius 2 is 1.73 bits per heavy atom. The van der Waals surface area contributed by atoms with E-state index in [9.17, 15) is 13.2 Å². The monoisotopic (exact) mass is 332 g/mol. The predicted octanol–water partition coefficient (Wildman–Crippen LogP) is -0.980. The Morgan fingerprint density at radius 3 is 2.27 bits per heavy atom. The van der Waals surface area contributed by atoms with E-state index in [1.54, 1.807) is 11.4 Å². The molecule has 0 spiro atoms. The average Bonchev–Trinajstić information content (AvgIpc) is 2.68. The Labute approximate surface area is 133 Å². The van der Waals surface area contributed by atoms with Crippen molar-refractivity contribution in [1.82, 2.24) is 19.4 Å². The highest BCUT2D eigenvalue weighted by Gasteiger charge is 2.33. The molecule has 2 rings (SSSR count). The number of hydrogen-bond acceptors (Lipinski definition) is 5. The van der Waals surface area contributed by atoms with Gasteiger partial charge in [0.1, 0.15) is 0 Å². The maximum absolute atomic E-state index is 12.0. The number of nitrogens with one attached hydrogen (secondary N) is 1. The minimum absolute atomic E-state index is 0.0227. The minimum Gasteiger partial charge on any atom is -0.359 e. The van der Waals surface area contributed by atoms with Crippen molar-refractivity contribution in [2.24, 2.45) is 5.92 Å². The fraction of sp³-hybridized carbons (Fsp3) is 0.929. The first-order valence-corrected chi connectivity index (χ1v) is 9.75. The Bertz CT molecular complexity index is 488. The second-order valence-electron chi connectivity index (χ2n) is 6.46. The quantitative estimate of drug-likeness (QED) is 0.719. The number of carbonyl (C=O) groups excluding carboxylic acids is 1. The zero-order valence-corrected chi connectivity index (χ0v) is 14.6. The van der Waals surface area contributed by atoms with Gasteiger partial charge in [0, 0.05) is 52.4 Å². The van der Waals surface area contributed by atoms with Gasteiger partial charge in [-0.3, -0.25) is 9.69 Å². The first-order chi connectivity index (χ1) is 10.3. The van der Waals surface area contributed by atoms with Crippen LogP contribution in [0, 0.1) is 5.92 Å². The van der Waals surface area contributed by atoms with Crippen LogP contribution in [0.5, 0.6) is 0 Å². The number of sulfonamides is 1. The number of carbonyl (C=O) groups is 1. The van der Waals surface area contributed by atoms with Crippen molar-refractivity contribution in [3.63, 3.8) is 0 Å². The highest BCUT2D eigenvalue weighted by atomic mass is 32.2. The largest absolute Gasteiger partial charge is 0.359 e. The van der Waals surface area contributed by atoms with Crippen molar-refractivity contribution < 1.29 is 13.2 Å². The summed E-state index contributed by atoms with van der Waals surface area (Å²) in [4.78, 5) is 16.6. The van der Waals surface area contributed by atoms with E-state index in [-0.39, 0.29) is 11.8 Å². The molecule has 0 aliphatic carbocycles. The maximum Gasteiger partial charge on any atom is 0.225 e. The van der Waals surface area contributed by atoms with E-state index in [0.717, 1.165) is 39.0 Å². The summed E-state index contributed by atoms with van der Waals surface area (Å²) in [5.41, 5.74) is 0. The predicted molar refractivity (Wildman–Crippen MR) is 86.1 cm³/mol. The van der Waals surface area contributed by atoms with Gasteiger partial charge in [-0.25, -0.2) is 12.7 Å². The smallest absolute Gasteiger partial charge is 0.225 e. The van der Waals surface area contributed by atoms with Crippen molar-refractivity contribution in [1.29, 1.82) is 0 Å². The van der Waals surface area contributed by atoms with E-state index in [2.05, 4.69) is 15.1 Å². The van der Waals surface area contributed by atoms with Crippen LogP contribution in [0.15, 0.2) is 0 Å². The van der Waals surface area contributed by atoms with Crippen molar-refractivity contribution in [3.8, 4) is 0 Å². The third-order valence-electron chi connectivity index (χ3n) is 4.78. The zero-order valence-electron chi connectivity index (χ0n) is 13.8. The summed E-state index contributed by atoms with van der Waals surface area (Å²) in [7, 11) is 0.648. The summed E-state index contributed by atoms with van der Waals surface area (Å²) < 4.78 is 24.8. The van der Waals surface area contributed by atoms with E-state index >= 15 is 0 Å². The summed E-state index contributed by atoms with van der Waals surface area (Å²) in [6.45, 7) is 4.58. The van der Waals surface area contributed by atoms with Crippen LogP contribution < -0.4 is 5.32 Å². The number of likely N-dealkylation sites (N-methyl/N-ethyl adjacent to an activating group) is 1. The van der Waals surface area contributed by atoms with Crippen LogP contribution in [-0.2, 0) is 14.8 Å². The summed E-state index contributed by atoms with van der Waals surface area (Å²) in [5.74, 6) is 0.0674. The third-order valence-corrected chi connectivity index (χ3v) is 6.09. The topological polar surface area (TPSA) is 73.0 Å². The van der Waals surface area contributed by atoms with Gasteiger partial charge in [-0.15, -0.1) is 0 Å². The standard InChI is InChI=1S/C14H28N4O3S/c1-15-14(19)12-10-16(2)8-9-17(11-12)13-4-6-18(7-5-13)22(3,20)21/h12-13H,4-11H2,1-3H3,(H,15,19). The lowest BCUT2D eigenvalue weighted by Crippen LogP contribution is -2.49. The van der Waals surface area contributed by atoms with Crippen LogP contribution >= 0.6 is 0 Å². The van der Waals surface area contributed by atoms with Crippen LogP contribution in [0.25, 0.3) is 0 Å².